The maximum absolute atomic E-state index is 12.5. The molecule has 1 amide bonds. The van der Waals surface area contributed by atoms with E-state index in [4.69, 9.17) is 4.52 Å². The third kappa shape index (κ3) is 3.61. The Hall–Kier alpha value is -2.30. The van der Waals surface area contributed by atoms with Gasteiger partial charge in [0.05, 0.1) is 0 Å². The van der Waals surface area contributed by atoms with Gasteiger partial charge in [-0.15, -0.1) is 0 Å². The van der Waals surface area contributed by atoms with E-state index in [2.05, 4.69) is 34.3 Å². The fraction of sp³-hybridized carbons (Fsp3) is 0.474. The van der Waals surface area contributed by atoms with E-state index in [1.807, 2.05) is 27.0 Å². The SMILES string of the molecule is CC(C)c1cc(C(=O)N(C)C[C@H]2CCN(c3ccccc3)C2)no1. The van der Waals surface area contributed by atoms with Gasteiger partial charge in [-0.05, 0) is 24.5 Å². The number of carbonyl (C=O) groups excluding carboxylic acids is 1. The van der Waals surface area contributed by atoms with Crippen molar-refractivity contribution >= 4 is 11.6 Å². The smallest absolute Gasteiger partial charge is 0.275 e. The first-order valence-corrected chi connectivity index (χ1v) is 8.56. The summed E-state index contributed by atoms with van der Waals surface area (Å²) < 4.78 is 5.24. The predicted molar refractivity (Wildman–Crippen MR) is 94.3 cm³/mol. The number of benzene rings is 1. The lowest BCUT2D eigenvalue weighted by molar-refractivity contribution is 0.0766. The van der Waals surface area contributed by atoms with Crippen LogP contribution in [0.1, 0.15) is 42.4 Å². The Labute approximate surface area is 143 Å². The van der Waals surface area contributed by atoms with Crippen LogP contribution in [0.4, 0.5) is 5.69 Å². The van der Waals surface area contributed by atoms with Gasteiger partial charge >= 0.3 is 0 Å². The van der Waals surface area contributed by atoms with Gasteiger partial charge in [0.15, 0.2) is 5.69 Å². The zero-order valence-corrected chi connectivity index (χ0v) is 14.6. The second-order valence-electron chi connectivity index (χ2n) is 6.89. The Balaban J connectivity index is 1.57. The summed E-state index contributed by atoms with van der Waals surface area (Å²) in [4.78, 5) is 16.7. The van der Waals surface area contributed by atoms with E-state index >= 15 is 0 Å². The molecule has 0 radical (unpaired) electrons. The van der Waals surface area contributed by atoms with Crippen LogP contribution in [0.15, 0.2) is 40.9 Å². The molecule has 1 atom stereocenters. The molecule has 5 nitrogen and oxygen atoms in total. The molecule has 24 heavy (non-hydrogen) atoms. The van der Waals surface area contributed by atoms with Gasteiger partial charge < -0.3 is 14.3 Å². The van der Waals surface area contributed by atoms with Gasteiger partial charge in [-0.3, -0.25) is 4.79 Å². The van der Waals surface area contributed by atoms with Crippen LogP contribution in [-0.2, 0) is 0 Å². The molecular formula is C19H25N3O2. The molecule has 0 saturated carbocycles. The summed E-state index contributed by atoms with van der Waals surface area (Å²) in [5.74, 6) is 1.40. The van der Waals surface area contributed by atoms with Crippen LogP contribution in [0.5, 0.6) is 0 Å². The Kier molecular flexibility index (Phi) is 4.88. The number of hydrogen-bond acceptors (Lipinski definition) is 4. The molecule has 1 aromatic carbocycles. The molecule has 1 aliphatic heterocycles. The van der Waals surface area contributed by atoms with Crippen LogP contribution in [0.3, 0.4) is 0 Å². The van der Waals surface area contributed by atoms with Crippen LogP contribution in [0, 0.1) is 5.92 Å². The summed E-state index contributed by atoms with van der Waals surface area (Å²) in [5.41, 5.74) is 1.66. The van der Waals surface area contributed by atoms with Gasteiger partial charge in [0.2, 0.25) is 0 Å². The number of amides is 1. The van der Waals surface area contributed by atoms with Crippen LogP contribution in [-0.4, -0.2) is 42.6 Å². The fourth-order valence-corrected chi connectivity index (χ4v) is 3.18. The third-order valence-electron chi connectivity index (χ3n) is 4.60. The molecule has 2 aromatic rings. The Bertz CT molecular complexity index is 681. The predicted octanol–water partition coefficient (Wildman–Crippen LogP) is 3.40. The summed E-state index contributed by atoms with van der Waals surface area (Å²) in [5, 5.41) is 3.92. The van der Waals surface area contributed by atoms with Crippen molar-refractivity contribution in [2.75, 3.05) is 31.6 Å². The van der Waals surface area contributed by atoms with Gasteiger partial charge in [0.1, 0.15) is 5.76 Å². The van der Waals surface area contributed by atoms with Crippen LogP contribution >= 0.6 is 0 Å². The van der Waals surface area contributed by atoms with E-state index in [0.717, 1.165) is 31.8 Å². The van der Waals surface area contributed by atoms with Gasteiger partial charge in [-0.2, -0.15) is 0 Å². The molecule has 1 aromatic heterocycles. The number of para-hydroxylation sites is 1. The average Bonchev–Trinajstić information content (AvgIpc) is 3.24. The monoisotopic (exact) mass is 327 g/mol. The number of anilines is 1. The van der Waals surface area contributed by atoms with Crippen molar-refractivity contribution < 1.29 is 9.32 Å². The van der Waals surface area contributed by atoms with Crippen molar-refractivity contribution in [3.8, 4) is 0 Å². The molecule has 1 saturated heterocycles. The summed E-state index contributed by atoms with van der Waals surface area (Å²) in [6, 6.07) is 12.2. The number of aromatic nitrogens is 1. The Morgan fingerprint density at radius 1 is 1.38 bits per heavy atom. The summed E-state index contributed by atoms with van der Waals surface area (Å²) >= 11 is 0. The van der Waals surface area contributed by atoms with Crippen LogP contribution in [0.25, 0.3) is 0 Å². The molecule has 0 unspecified atom stereocenters. The molecule has 0 spiro atoms. The largest absolute Gasteiger partial charge is 0.371 e. The van der Waals surface area contributed by atoms with E-state index < -0.39 is 0 Å². The maximum Gasteiger partial charge on any atom is 0.275 e. The molecule has 5 heteroatoms. The first kappa shape index (κ1) is 16.6. The van der Waals surface area contributed by atoms with Crippen molar-refractivity contribution in [2.24, 2.45) is 5.92 Å². The number of hydrogen-bond donors (Lipinski definition) is 0. The summed E-state index contributed by atoms with van der Waals surface area (Å²) in [7, 11) is 1.84. The average molecular weight is 327 g/mol. The van der Waals surface area contributed by atoms with Crippen molar-refractivity contribution in [3.05, 3.63) is 47.9 Å². The molecule has 2 heterocycles. The summed E-state index contributed by atoms with van der Waals surface area (Å²) in [6.07, 6.45) is 1.10. The highest BCUT2D eigenvalue weighted by atomic mass is 16.5. The highest BCUT2D eigenvalue weighted by molar-refractivity contribution is 5.92. The van der Waals surface area contributed by atoms with E-state index in [9.17, 15) is 4.79 Å². The molecule has 128 valence electrons. The van der Waals surface area contributed by atoms with Gasteiger partial charge in [-0.1, -0.05) is 37.2 Å². The van der Waals surface area contributed by atoms with Crippen molar-refractivity contribution in [3.63, 3.8) is 0 Å². The molecule has 0 bridgehead atoms. The standard InChI is InChI=1S/C19H25N3O2/c1-14(2)18-11-17(20-24-18)19(23)21(3)12-15-9-10-22(13-15)16-7-5-4-6-8-16/h4-8,11,14-15H,9-10,12-13H2,1-3H3/t15-/m1/s1. The quantitative estimate of drug-likeness (QED) is 0.844. The topological polar surface area (TPSA) is 49.6 Å². The normalized spacial score (nSPS) is 17.5. The summed E-state index contributed by atoms with van der Waals surface area (Å²) in [6.45, 7) is 6.81. The molecular weight excluding hydrogens is 302 g/mol. The Morgan fingerprint density at radius 2 is 2.12 bits per heavy atom. The van der Waals surface area contributed by atoms with E-state index in [1.165, 1.54) is 5.69 Å². The highest BCUT2D eigenvalue weighted by Gasteiger charge is 2.26. The fourth-order valence-electron chi connectivity index (χ4n) is 3.18. The zero-order chi connectivity index (χ0) is 17.1. The Morgan fingerprint density at radius 3 is 2.79 bits per heavy atom. The highest BCUT2D eigenvalue weighted by Crippen LogP contribution is 2.24. The molecule has 3 rings (SSSR count). The number of nitrogens with zero attached hydrogens (tertiary/aromatic N) is 3. The lowest BCUT2D eigenvalue weighted by atomic mass is 10.1. The lowest BCUT2D eigenvalue weighted by Crippen LogP contribution is -2.33. The van der Waals surface area contributed by atoms with E-state index in [0.29, 0.717) is 11.6 Å². The second-order valence-corrected chi connectivity index (χ2v) is 6.89. The van der Waals surface area contributed by atoms with Gasteiger partial charge in [0.25, 0.3) is 5.91 Å². The molecule has 1 aliphatic rings. The molecule has 0 aliphatic carbocycles. The number of rotatable bonds is 5. The van der Waals surface area contributed by atoms with Crippen LogP contribution in [0.2, 0.25) is 0 Å². The third-order valence-corrected chi connectivity index (χ3v) is 4.60. The minimum atomic E-state index is -0.0659. The van der Waals surface area contributed by atoms with Crippen LogP contribution < -0.4 is 4.90 Å². The minimum absolute atomic E-state index is 0.0659. The van der Waals surface area contributed by atoms with E-state index in [-0.39, 0.29) is 11.8 Å². The first-order valence-electron chi connectivity index (χ1n) is 8.56. The first-order chi connectivity index (χ1) is 11.5. The minimum Gasteiger partial charge on any atom is -0.371 e. The second kappa shape index (κ2) is 7.07. The van der Waals surface area contributed by atoms with Crippen molar-refractivity contribution in [2.45, 2.75) is 26.2 Å². The van der Waals surface area contributed by atoms with Gasteiger partial charge in [-0.25, -0.2) is 0 Å². The van der Waals surface area contributed by atoms with Crippen molar-refractivity contribution in [1.29, 1.82) is 0 Å². The molecule has 0 N–H and O–H groups in total. The number of carbonyl (C=O) groups is 1. The van der Waals surface area contributed by atoms with Gasteiger partial charge in [0, 0.05) is 44.4 Å². The lowest BCUT2D eigenvalue weighted by Gasteiger charge is -2.22. The van der Waals surface area contributed by atoms with Crippen molar-refractivity contribution in [1.82, 2.24) is 10.1 Å². The maximum atomic E-state index is 12.5. The van der Waals surface area contributed by atoms with E-state index in [1.54, 1.807) is 11.0 Å². The molecule has 1 fully saturated rings. The zero-order valence-electron chi connectivity index (χ0n) is 14.6.